The summed E-state index contributed by atoms with van der Waals surface area (Å²) in [5.74, 6) is 1.20. The van der Waals surface area contributed by atoms with Crippen molar-refractivity contribution < 1.29 is 9.47 Å². The first-order valence-corrected chi connectivity index (χ1v) is 7.01. The van der Waals surface area contributed by atoms with E-state index in [1.807, 2.05) is 0 Å². The minimum atomic E-state index is -0.235. The van der Waals surface area contributed by atoms with Gasteiger partial charge >= 0.3 is 0 Å². The second-order valence-electron chi connectivity index (χ2n) is 6.38. The van der Waals surface area contributed by atoms with Crippen LogP contribution in [-0.2, 0) is 9.47 Å². The summed E-state index contributed by atoms with van der Waals surface area (Å²) in [4.78, 5) is 0. The zero-order chi connectivity index (χ0) is 12.6. The molecule has 0 bridgehead atoms. The van der Waals surface area contributed by atoms with Crippen LogP contribution >= 0.6 is 0 Å². The van der Waals surface area contributed by atoms with Crippen molar-refractivity contribution in [3.05, 3.63) is 0 Å². The van der Waals surface area contributed by atoms with Crippen LogP contribution in [0.4, 0.5) is 0 Å². The first-order chi connectivity index (χ1) is 7.98. The Morgan fingerprint density at radius 2 is 2.00 bits per heavy atom. The molecular formula is C14H25BO2. The highest BCUT2D eigenvalue weighted by atomic mass is 16.6. The van der Waals surface area contributed by atoms with Gasteiger partial charge in [-0.3, -0.25) is 0 Å². The van der Waals surface area contributed by atoms with Crippen LogP contribution in [0.3, 0.4) is 0 Å². The molecule has 2 radical (unpaired) electrons. The molecule has 0 amide bonds. The SMILES string of the molecule is [B][C@@H]1O[C@H](CC(C)C)[C@@]2(C(C)C)CCCOC12. The van der Waals surface area contributed by atoms with E-state index in [4.69, 9.17) is 17.3 Å². The zero-order valence-corrected chi connectivity index (χ0v) is 11.6. The molecule has 0 aromatic carbocycles. The van der Waals surface area contributed by atoms with Crippen molar-refractivity contribution in [3.8, 4) is 0 Å². The van der Waals surface area contributed by atoms with Crippen molar-refractivity contribution in [1.82, 2.24) is 0 Å². The van der Waals surface area contributed by atoms with Crippen LogP contribution in [-0.4, -0.2) is 32.7 Å². The van der Waals surface area contributed by atoms with Crippen molar-refractivity contribution in [2.75, 3.05) is 6.61 Å². The summed E-state index contributed by atoms with van der Waals surface area (Å²) in [6.07, 6.45) is 3.79. The van der Waals surface area contributed by atoms with Crippen LogP contribution in [0.5, 0.6) is 0 Å². The van der Waals surface area contributed by atoms with Gasteiger partial charge in [-0.2, -0.15) is 0 Å². The average molecular weight is 236 g/mol. The lowest BCUT2D eigenvalue weighted by atomic mass is 9.62. The van der Waals surface area contributed by atoms with Gasteiger partial charge in [-0.1, -0.05) is 27.7 Å². The molecule has 2 rings (SSSR count). The molecule has 0 aromatic rings. The summed E-state index contributed by atoms with van der Waals surface area (Å²) in [5.41, 5.74) is 0.141. The first-order valence-electron chi connectivity index (χ1n) is 7.01. The minimum Gasteiger partial charge on any atom is -0.381 e. The Morgan fingerprint density at radius 1 is 1.29 bits per heavy atom. The summed E-state index contributed by atoms with van der Waals surface area (Å²) in [6.45, 7) is 9.91. The molecule has 2 heterocycles. The molecule has 0 aliphatic carbocycles. The van der Waals surface area contributed by atoms with Gasteiger partial charge in [-0.25, -0.2) is 0 Å². The molecule has 3 heteroatoms. The van der Waals surface area contributed by atoms with Gasteiger partial charge in [0.1, 0.15) is 7.85 Å². The molecule has 2 nitrogen and oxygen atoms in total. The summed E-state index contributed by atoms with van der Waals surface area (Å²) in [6, 6.07) is -0.235. The molecule has 17 heavy (non-hydrogen) atoms. The van der Waals surface area contributed by atoms with Gasteiger partial charge in [0, 0.05) is 18.0 Å². The lowest BCUT2D eigenvalue weighted by Gasteiger charge is -2.45. The van der Waals surface area contributed by atoms with Crippen LogP contribution in [0, 0.1) is 17.3 Å². The fraction of sp³-hybridized carbons (Fsp3) is 1.00. The largest absolute Gasteiger partial charge is 0.381 e. The molecule has 0 N–H and O–H groups in total. The van der Waals surface area contributed by atoms with Gasteiger partial charge in [0.05, 0.1) is 12.2 Å². The number of hydrogen-bond donors (Lipinski definition) is 0. The third-order valence-corrected chi connectivity index (χ3v) is 4.56. The predicted octanol–water partition coefficient (Wildman–Crippen LogP) is 2.75. The molecule has 0 aromatic heterocycles. The lowest BCUT2D eigenvalue weighted by Crippen LogP contribution is -2.50. The van der Waals surface area contributed by atoms with Crippen LogP contribution in [0.1, 0.15) is 47.0 Å². The van der Waals surface area contributed by atoms with Gasteiger partial charge in [-0.15, -0.1) is 0 Å². The molecule has 1 unspecified atom stereocenters. The fourth-order valence-electron chi connectivity index (χ4n) is 3.71. The van der Waals surface area contributed by atoms with Crippen LogP contribution in [0.25, 0.3) is 0 Å². The van der Waals surface area contributed by atoms with Crippen LogP contribution in [0.2, 0.25) is 0 Å². The highest BCUT2D eigenvalue weighted by Crippen LogP contribution is 2.52. The predicted molar refractivity (Wildman–Crippen MR) is 70.1 cm³/mol. The Kier molecular flexibility index (Phi) is 3.89. The summed E-state index contributed by atoms with van der Waals surface area (Å²) in [5, 5.41) is 0. The molecule has 4 atom stereocenters. The monoisotopic (exact) mass is 236 g/mol. The van der Waals surface area contributed by atoms with E-state index >= 15 is 0 Å². The van der Waals surface area contributed by atoms with Gasteiger partial charge in [-0.05, 0) is 31.1 Å². The van der Waals surface area contributed by atoms with E-state index in [-0.39, 0.29) is 23.6 Å². The van der Waals surface area contributed by atoms with E-state index in [0.717, 1.165) is 19.4 Å². The number of fused-ring (bicyclic) bond motifs is 1. The highest BCUT2D eigenvalue weighted by Gasteiger charge is 2.57. The van der Waals surface area contributed by atoms with Crippen molar-refractivity contribution in [3.63, 3.8) is 0 Å². The molecule has 2 fully saturated rings. The molecular weight excluding hydrogens is 211 g/mol. The maximum atomic E-state index is 6.13. The quantitative estimate of drug-likeness (QED) is 0.701. The normalized spacial score (nSPS) is 42.1. The summed E-state index contributed by atoms with van der Waals surface area (Å²) >= 11 is 0. The second kappa shape index (κ2) is 4.93. The first kappa shape index (κ1) is 13.4. The number of ether oxygens (including phenoxy) is 2. The summed E-state index contributed by atoms with van der Waals surface area (Å²) < 4.78 is 12.0. The van der Waals surface area contributed by atoms with Gasteiger partial charge in [0.15, 0.2) is 0 Å². The molecule has 0 saturated carbocycles. The van der Waals surface area contributed by atoms with Crippen molar-refractivity contribution in [1.29, 1.82) is 0 Å². The maximum Gasteiger partial charge on any atom is 0.112 e. The molecule has 2 saturated heterocycles. The lowest BCUT2D eigenvalue weighted by molar-refractivity contribution is -0.0961. The summed E-state index contributed by atoms with van der Waals surface area (Å²) in [7, 11) is 6.13. The topological polar surface area (TPSA) is 18.5 Å². The van der Waals surface area contributed by atoms with Crippen molar-refractivity contribution in [2.24, 2.45) is 17.3 Å². The van der Waals surface area contributed by atoms with E-state index in [9.17, 15) is 0 Å². The molecule has 2 aliphatic heterocycles. The van der Waals surface area contributed by atoms with Gasteiger partial charge < -0.3 is 9.47 Å². The van der Waals surface area contributed by atoms with E-state index in [1.165, 1.54) is 6.42 Å². The van der Waals surface area contributed by atoms with E-state index in [0.29, 0.717) is 11.8 Å². The van der Waals surface area contributed by atoms with Crippen molar-refractivity contribution >= 4 is 7.85 Å². The average Bonchev–Trinajstić information content (AvgIpc) is 2.53. The standard InChI is InChI=1S/C14H25BO2/c1-9(2)8-11-14(10(3)4)6-5-7-16-12(14)13(15)17-11/h9-13H,5-8H2,1-4H3/t11-,12?,13-,14+/m1/s1. The second-order valence-corrected chi connectivity index (χ2v) is 6.38. The van der Waals surface area contributed by atoms with Crippen molar-refractivity contribution in [2.45, 2.75) is 65.2 Å². The van der Waals surface area contributed by atoms with E-state index < -0.39 is 0 Å². The minimum absolute atomic E-state index is 0.0972. The Balaban J connectivity index is 2.26. The Labute approximate surface area is 107 Å². The van der Waals surface area contributed by atoms with Crippen LogP contribution < -0.4 is 0 Å². The highest BCUT2D eigenvalue weighted by molar-refractivity contribution is 6.11. The Bertz CT molecular complexity index is 267. The van der Waals surface area contributed by atoms with Gasteiger partial charge in [0.2, 0.25) is 0 Å². The number of hydrogen-bond acceptors (Lipinski definition) is 2. The Morgan fingerprint density at radius 3 is 2.59 bits per heavy atom. The van der Waals surface area contributed by atoms with E-state index in [2.05, 4.69) is 27.7 Å². The molecule has 0 spiro atoms. The maximum absolute atomic E-state index is 6.13. The fourth-order valence-corrected chi connectivity index (χ4v) is 3.71. The van der Waals surface area contributed by atoms with Gasteiger partial charge in [0.25, 0.3) is 0 Å². The molecule has 96 valence electrons. The number of rotatable bonds is 3. The molecule has 2 aliphatic rings. The zero-order valence-electron chi connectivity index (χ0n) is 11.6. The smallest absolute Gasteiger partial charge is 0.112 e. The van der Waals surface area contributed by atoms with Crippen LogP contribution in [0.15, 0.2) is 0 Å². The third kappa shape index (κ3) is 2.17. The third-order valence-electron chi connectivity index (χ3n) is 4.56. The van der Waals surface area contributed by atoms with E-state index in [1.54, 1.807) is 0 Å². The Hall–Kier alpha value is -0.0151.